The van der Waals surface area contributed by atoms with E-state index < -0.39 is 0 Å². The van der Waals surface area contributed by atoms with Crippen molar-refractivity contribution in [3.05, 3.63) is 23.8 Å². The Morgan fingerprint density at radius 3 is 2.81 bits per heavy atom. The van der Waals surface area contributed by atoms with Gasteiger partial charge in [0.2, 0.25) is 0 Å². The van der Waals surface area contributed by atoms with E-state index in [1.54, 1.807) is 19.0 Å². The van der Waals surface area contributed by atoms with Crippen molar-refractivity contribution in [2.75, 3.05) is 31.3 Å². The first-order chi connectivity index (χ1) is 10.0. The highest BCUT2D eigenvalue weighted by Gasteiger charge is 2.26. The fraction of sp³-hybridized carbons (Fsp3) is 0.588. The fourth-order valence-corrected chi connectivity index (χ4v) is 3.16. The highest BCUT2D eigenvalue weighted by molar-refractivity contribution is 6.00. The molecule has 4 heteroatoms. The monoisotopic (exact) mass is 289 g/mol. The average molecular weight is 289 g/mol. The molecule has 0 aliphatic carbocycles. The predicted octanol–water partition coefficient (Wildman–Crippen LogP) is 3.13. The van der Waals surface area contributed by atoms with Crippen LogP contribution in [0.1, 0.15) is 49.4 Å². The molecule has 1 aliphatic rings. The van der Waals surface area contributed by atoms with Crippen LogP contribution < -0.4 is 10.6 Å². The van der Waals surface area contributed by atoms with Crippen LogP contribution in [0.4, 0.5) is 11.4 Å². The first-order valence-corrected chi connectivity index (χ1v) is 7.92. The number of hydrogen-bond acceptors (Lipinski definition) is 3. The number of amides is 1. The Kier molecular flexibility index (Phi) is 5.10. The van der Waals surface area contributed by atoms with Crippen LogP contribution >= 0.6 is 0 Å². The van der Waals surface area contributed by atoms with E-state index in [2.05, 4.69) is 11.8 Å². The summed E-state index contributed by atoms with van der Waals surface area (Å²) in [5.41, 5.74) is 8.47. The van der Waals surface area contributed by atoms with Gasteiger partial charge in [-0.2, -0.15) is 0 Å². The topological polar surface area (TPSA) is 49.6 Å². The van der Waals surface area contributed by atoms with E-state index in [0.29, 0.717) is 6.04 Å². The van der Waals surface area contributed by atoms with Gasteiger partial charge in [-0.25, -0.2) is 0 Å². The summed E-state index contributed by atoms with van der Waals surface area (Å²) < 4.78 is 0. The molecule has 116 valence electrons. The standard InChI is InChI=1S/C17H27N3O/c1-4-7-14-8-5-6-11-20(14)16-12-13(18)9-10-15(16)17(21)19(2)3/h9-10,12,14H,4-8,11,18H2,1-3H3. The molecular weight excluding hydrogens is 262 g/mol. The van der Waals surface area contributed by atoms with Crippen LogP contribution in [-0.2, 0) is 0 Å². The number of rotatable bonds is 4. The number of anilines is 2. The van der Waals surface area contributed by atoms with Gasteiger partial charge >= 0.3 is 0 Å². The Morgan fingerprint density at radius 2 is 2.14 bits per heavy atom. The van der Waals surface area contributed by atoms with Crippen molar-refractivity contribution in [3.8, 4) is 0 Å². The van der Waals surface area contributed by atoms with E-state index in [-0.39, 0.29) is 5.91 Å². The number of piperidine rings is 1. The lowest BCUT2D eigenvalue weighted by atomic mass is 9.96. The van der Waals surface area contributed by atoms with Crippen molar-refractivity contribution in [2.24, 2.45) is 0 Å². The molecule has 1 fully saturated rings. The van der Waals surface area contributed by atoms with Crippen LogP contribution in [0, 0.1) is 0 Å². The van der Waals surface area contributed by atoms with Gasteiger partial charge in [-0.1, -0.05) is 13.3 Å². The minimum atomic E-state index is 0.0471. The molecule has 0 spiro atoms. The molecule has 1 atom stereocenters. The number of benzene rings is 1. The summed E-state index contributed by atoms with van der Waals surface area (Å²) >= 11 is 0. The van der Waals surface area contributed by atoms with Gasteiger partial charge in [-0.15, -0.1) is 0 Å². The molecule has 2 rings (SSSR count). The number of hydrogen-bond donors (Lipinski definition) is 1. The highest BCUT2D eigenvalue weighted by Crippen LogP contribution is 2.32. The van der Waals surface area contributed by atoms with Crippen molar-refractivity contribution in [2.45, 2.75) is 45.1 Å². The van der Waals surface area contributed by atoms with E-state index in [9.17, 15) is 4.79 Å². The van der Waals surface area contributed by atoms with Crippen molar-refractivity contribution in [1.29, 1.82) is 0 Å². The molecule has 0 aromatic heterocycles. The van der Waals surface area contributed by atoms with Gasteiger partial charge in [-0.05, 0) is 43.9 Å². The Balaban J connectivity index is 2.40. The quantitative estimate of drug-likeness (QED) is 0.866. The van der Waals surface area contributed by atoms with Gasteiger partial charge in [-0.3, -0.25) is 4.79 Å². The second-order valence-corrected chi connectivity index (χ2v) is 6.11. The molecule has 4 nitrogen and oxygen atoms in total. The van der Waals surface area contributed by atoms with Gasteiger partial charge in [0.1, 0.15) is 0 Å². The van der Waals surface area contributed by atoms with Crippen molar-refractivity contribution >= 4 is 17.3 Å². The summed E-state index contributed by atoms with van der Waals surface area (Å²) in [7, 11) is 3.59. The smallest absolute Gasteiger partial charge is 0.255 e. The van der Waals surface area contributed by atoms with E-state index in [1.807, 2.05) is 18.2 Å². The van der Waals surface area contributed by atoms with E-state index in [1.165, 1.54) is 32.1 Å². The second-order valence-electron chi connectivity index (χ2n) is 6.11. The summed E-state index contributed by atoms with van der Waals surface area (Å²) in [6.07, 6.45) is 6.01. The summed E-state index contributed by atoms with van der Waals surface area (Å²) in [4.78, 5) is 16.5. The predicted molar refractivity (Wildman–Crippen MR) is 88.8 cm³/mol. The van der Waals surface area contributed by atoms with E-state index in [0.717, 1.165) is 23.5 Å². The molecule has 2 N–H and O–H groups in total. The molecule has 0 saturated carbocycles. The zero-order chi connectivity index (χ0) is 15.4. The molecule has 0 bridgehead atoms. The Labute approximate surface area is 127 Å². The van der Waals surface area contributed by atoms with Crippen molar-refractivity contribution in [3.63, 3.8) is 0 Å². The van der Waals surface area contributed by atoms with Crippen LogP contribution in [0.2, 0.25) is 0 Å². The van der Waals surface area contributed by atoms with Crippen LogP contribution in [0.3, 0.4) is 0 Å². The molecule has 1 amide bonds. The zero-order valence-electron chi connectivity index (χ0n) is 13.4. The highest BCUT2D eigenvalue weighted by atomic mass is 16.2. The fourth-order valence-electron chi connectivity index (χ4n) is 3.16. The van der Waals surface area contributed by atoms with Crippen LogP contribution in [0.25, 0.3) is 0 Å². The Hall–Kier alpha value is -1.71. The third kappa shape index (κ3) is 3.49. The van der Waals surface area contributed by atoms with E-state index >= 15 is 0 Å². The number of carbonyl (C=O) groups excluding carboxylic acids is 1. The first-order valence-electron chi connectivity index (χ1n) is 7.92. The normalized spacial score (nSPS) is 18.6. The Morgan fingerprint density at radius 1 is 1.38 bits per heavy atom. The molecule has 0 radical (unpaired) electrons. The summed E-state index contributed by atoms with van der Waals surface area (Å²) in [5.74, 6) is 0.0471. The van der Waals surface area contributed by atoms with Crippen molar-refractivity contribution < 1.29 is 4.79 Å². The number of carbonyl (C=O) groups is 1. The lowest BCUT2D eigenvalue weighted by Crippen LogP contribution is -2.41. The summed E-state index contributed by atoms with van der Waals surface area (Å²) in [5, 5.41) is 0. The summed E-state index contributed by atoms with van der Waals surface area (Å²) in [6, 6.07) is 6.17. The zero-order valence-corrected chi connectivity index (χ0v) is 13.4. The minimum Gasteiger partial charge on any atom is -0.399 e. The maximum absolute atomic E-state index is 12.4. The molecule has 1 heterocycles. The minimum absolute atomic E-state index is 0.0471. The number of nitrogens with two attached hydrogens (primary N) is 1. The van der Waals surface area contributed by atoms with Gasteiger partial charge in [0.05, 0.1) is 11.3 Å². The van der Waals surface area contributed by atoms with Crippen LogP contribution in [-0.4, -0.2) is 37.5 Å². The third-order valence-corrected chi connectivity index (χ3v) is 4.22. The maximum Gasteiger partial charge on any atom is 0.255 e. The SMILES string of the molecule is CCCC1CCCCN1c1cc(N)ccc1C(=O)N(C)C. The number of nitrogens with zero attached hydrogens (tertiary/aromatic N) is 2. The number of nitrogen functional groups attached to an aromatic ring is 1. The second kappa shape index (κ2) is 6.83. The van der Waals surface area contributed by atoms with Crippen LogP contribution in [0.5, 0.6) is 0 Å². The molecule has 1 aromatic rings. The average Bonchev–Trinajstić information content (AvgIpc) is 2.47. The van der Waals surface area contributed by atoms with Gasteiger partial charge in [0.15, 0.2) is 0 Å². The first kappa shape index (κ1) is 15.7. The van der Waals surface area contributed by atoms with Crippen molar-refractivity contribution in [1.82, 2.24) is 4.90 Å². The third-order valence-electron chi connectivity index (χ3n) is 4.22. The van der Waals surface area contributed by atoms with Gasteiger partial charge < -0.3 is 15.5 Å². The molecule has 1 saturated heterocycles. The molecule has 1 unspecified atom stereocenters. The van der Waals surface area contributed by atoms with Gasteiger partial charge in [0.25, 0.3) is 5.91 Å². The molecule has 1 aromatic carbocycles. The molecule has 1 aliphatic heterocycles. The molecule has 21 heavy (non-hydrogen) atoms. The largest absolute Gasteiger partial charge is 0.399 e. The summed E-state index contributed by atoms with van der Waals surface area (Å²) in [6.45, 7) is 3.24. The van der Waals surface area contributed by atoms with E-state index in [4.69, 9.17) is 5.73 Å². The maximum atomic E-state index is 12.4. The van der Waals surface area contributed by atoms with Crippen LogP contribution in [0.15, 0.2) is 18.2 Å². The lowest BCUT2D eigenvalue weighted by molar-refractivity contribution is 0.0828. The Bertz CT molecular complexity index is 497. The van der Waals surface area contributed by atoms with Gasteiger partial charge in [0, 0.05) is 32.4 Å². The lowest BCUT2D eigenvalue weighted by Gasteiger charge is -2.39. The molecular formula is C17H27N3O.